The minimum absolute atomic E-state index is 0.421. The molecular weight excluding hydrogens is 521 g/mol. The van der Waals surface area contributed by atoms with Crippen molar-refractivity contribution in [3.63, 3.8) is 0 Å². The van der Waals surface area contributed by atoms with Crippen LogP contribution < -0.4 is 0 Å². The van der Waals surface area contributed by atoms with Crippen molar-refractivity contribution in [2.45, 2.75) is 140 Å². The van der Waals surface area contributed by atoms with E-state index in [1.807, 2.05) is 0 Å². The van der Waals surface area contributed by atoms with Crippen LogP contribution in [0.3, 0.4) is 0 Å². The van der Waals surface area contributed by atoms with Gasteiger partial charge in [0, 0.05) is 14.2 Å². The predicted molar refractivity (Wildman–Crippen MR) is 181 cm³/mol. The van der Waals surface area contributed by atoms with Crippen LogP contribution >= 0.6 is 0 Å². The molecule has 38 heavy (non-hydrogen) atoms. The third kappa shape index (κ3) is 2.65. The van der Waals surface area contributed by atoms with Gasteiger partial charge in [-0.25, -0.2) is 0 Å². The molecule has 4 aliphatic rings. The zero-order valence-electron chi connectivity index (χ0n) is 27.1. The van der Waals surface area contributed by atoms with Crippen molar-refractivity contribution in [1.82, 2.24) is 0 Å². The van der Waals surface area contributed by atoms with Crippen molar-refractivity contribution in [3.05, 3.63) is 59.7 Å². The van der Waals surface area contributed by atoms with Crippen LogP contribution in [0.4, 0.5) is 0 Å². The molecule has 2 aromatic carbocycles. The first-order valence-corrected chi connectivity index (χ1v) is 28.1. The smallest absolute Gasteiger partial charge is 0.0580 e. The van der Waals surface area contributed by atoms with E-state index in [-0.39, 0.29) is 0 Å². The van der Waals surface area contributed by atoms with Gasteiger partial charge in [0.15, 0.2) is 0 Å². The number of hydrogen-bond donors (Lipinski definition) is 0. The highest BCUT2D eigenvalue weighted by Gasteiger charge is 2.98. The summed E-state index contributed by atoms with van der Waals surface area (Å²) >= 11 is 0. The molecule has 1 aliphatic carbocycles. The third-order valence-corrected chi connectivity index (χ3v) is 113. The summed E-state index contributed by atoms with van der Waals surface area (Å²) in [6.45, 7) is 38.6. The zero-order chi connectivity index (χ0) is 28.4. The fourth-order valence-electron chi connectivity index (χ4n) is 13.7. The highest BCUT2D eigenvalue weighted by Crippen LogP contribution is 2.84. The van der Waals surface area contributed by atoms with Crippen LogP contribution in [0.2, 0.25) is 32.2 Å². The minimum atomic E-state index is -1.88. The van der Waals surface area contributed by atoms with E-state index in [9.17, 15) is 0 Å². The Morgan fingerprint density at radius 1 is 0.526 bits per heavy atom. The van der Waals surface area contributed by atoms with Crippen molar-refractivity contribution in [2.75, 3.05) is 0 Å². The number of fused-ring (bicyclic) bond motifs is 1. The molecule has 6 rings (SSSR count). The molecule has 0 spiro atoms. The summed E-state index contributed by atoms with van der Waals surface area (Å²) in [6, 6.07) is 14.6. The predicted octanol–water partition coefficient (Wildman–Crippen LogP) is 11.0. The molecule has 2 bridgehead atoms. The molecule has 3 aliphatic heterocycles. The van der Waals surface area contributed by atoms with E-state index >= 15 is 0 Å². The maximum Gasteiger partial charge on any atom is 0.0580 e. The Morgan fingerprint density at radius 2 is 0.816 bits per heavy atom. The van der Waals surface area contributed by atoms with Crippen LogP contribution in [0.5, 0.6) is 0 Å². The first-order chi connectivity index (χ1) is 17.5. The fraction of sp³-hybridized carbons (Fsp3) is 0.647. The molecule has 0 nitrogen and oxygen atoms in total. The lowest BCUT2D eigenvalue weighted by Gasteiger charge is -2.94. The summed E-state index contributed by atoms with van der Waals surface area (Å²) in [5.74, 6) is 0. The van der Waals surface area contributed by atoms with E-state index in [0.29, 0.717) is 21.2 Å². The molecule has 208 valence electrons. The van der Waals surface area contributed by atoms with Crippen LogP contribution in [0.25, 0.3) is 10.8 Å². The van der Waals surface area contributed by atoms with Gasteiger partial charge in [0.1, 0.15) is 0 Å². The van der Waals surface area contributed by atoms with Crippen LogP contribution in [0, 0.1) is 0 Å². The van der Waals surface area contributed by atoms with E-state index in [1.54, 1.807) is 11.1 Å². The lowest BCUT2D eigenvalue weighted by Crippen LogP contribution is -3.15. The van der Waals surface area contributed by atoms with Gasteiger partial charge in [-0.05, 0) is 43.1 Å². The van der Waals surface area contributed by atoms with Crippen molar-refractivity contribution < 1.29 is 0 Å². The number of allylic oxidation sites excluding steroid dienone is 2. The van der Waals surface area contributed by atoms with E-state index < -0.39 is 28.4 Å². The van der Waals surface area contributed by atoms with Gasteiger partial charge in [0.05, 0.1) is 14.2 Å². The Balaban J connectivity index is 2.10. The second kappa shape index (κ2) is 8.42. The lowest BCUT2D eigenvalue weighted by atomic mass is 9.92. The Morgan fingerprint density at radius 3 is 1.05 bits per heavy atom. The lowest BCUT2D eigenvalue weighted by molar-refractivity contribution is 0.661. The molecule has 0 amide bonds. The molecule has 2 aromatic rings. The van der Waals surface area contributed by atoms with E-state index in [2.05, 4.69) is 145 Å². The summed E-state index contributed by atoms with van der Waals surface area (Å²) in [4.78, 5) is 0. The molecule has 0 N–H and O–H groups in total. The summed E-state index contributed by atoms with van der Waals surface area (Å²) < 4.78 is 0. The van der Waals surface area contributed by atoms with Gasteiger partial charge in [-0.15, -0.1) is 0 Å². The SMILES string of the molecule is CC(C)[Si]1(C(C)C)[Si](C(C)C)(C(C)C)[Si@]2(C(C)(C)C)C3C=CC(c4cc5ccccc5cc43)[Si@]12C(C)(C)C. The number of hydrogen-bond acceptors (Lipinski definition) is 0. The molecule has 0 aromatic heterocycles. The van der Waals surface area contributed by atoms with E-state index in [4.69, 9.17) is 0 Å². The summed E-state index contributed by atoms with van der Waals surface area (Å²) in [5.41, 5.74) is 8.50. The van der Waals surface area contributed by atoms with Crippen molar-refractivity contribution in [3.8, 4) is 0 Å². The van der Waals surface area contributed by atoms with Gasteiger partial charge in [0.25, 0.3) is 0 Å². The molecular formula is C34H56Si4. The minimum Gasteiger partial charge on any atom is -0.0840 e. The Kier molecular flexibility index (Phi) is 6.39. The Labute approximate surface area is 238 Å². The highest BCUT2D eigenvalue weighted by atomic mass is 30.2. The fourth-order valence-corrected chi connectivity index (χ4v) is 186. The van der Waals surface area contributed by atoms with Crippen LogP contribution in [-0.2, 0) is 0 Å². The quantitative estimate of drug-likeness (QED) is 0.251. The topological polar surface area (TPSA) is 0 Å². The molecule has 4 heteroatoms. The highest BCUT2D eigenvalue weighted by molar-refractivity contribution is 8.16. The molecule has 0 radical (unpaired) electrons. The molecule has 4 atom stereocenters. The molecule has 3 heterocycles. The van der Waals surface area contributed by atoms with Crippen molar-refractivity contribution in [2.24, 2.45) is 0 Å². The van der Waals surface area contributed by atoms with Crippen LogP contribution in [0.1, 0.15) is 119 Å². The second-order valence-electron chi connectivity index (χ2n) is 16.6. The van der Waals surface area contributed by atoms with Crippen molar-refractivity contribution in [1.29, 1.82) is 0 Å². The monoisotopic (exact) mass is 576 g/mol. The molecule has 1 saturated heterocycles. The zero-order valence-corrected chi connectivity index (χ0v) is 31.1. The Bertz CT molecular complexity index is 1170. The van der Waals surface area contributed by atoms with Crippen LogP contribution in [0.15, 0.2) is 48.6 Å². The molecule has 1 fully saturated rings. The first-order valence-electron chi connectivity index (χ1n) is 15.7. The maximum atomic E-state index is 2.85. The summed E-state index contributed by atoms with van der Waals surface area (Å²) in [7, 11) is -7.23. The first kappa shape index (κ1) is 28.8. The van der Waals surface area contributed by atoms with Crippen molar-refractivity contribution >= 4 is 39.2 Å². The largest absolute Gasteiger partial charge is 0.0840 e. The van der Waals surface area contributed by atoms with E-state index in [1.165, 1.54) is 10.8 Å². The van der Waals surface area contributed by atoms with Gasteiger partial charge >= 0.3 is 0 Å². The molecule has 0 saturated carbocycles. The second-order valence-corrected chi connectivity index (χ2v) is 57.6. The van der Waals surface area contributed by atoms with Gasteiger partial charge < -0.3 is 0 Å². The standard InChI is InChI=1S/C34H56Si4/c1-23(2)35(24(3)4)36(25(5)6,26(7)8)38(34(12,13)14)32-20-19-31(37(35,38)33(9,10)11)29-21-27-17-15-16-18-28(27)22-30(29)32/h15-26,31-32H,1-14H3/t31?,32?,37-,38+. The maximum absolute atomic E-state index is 2.85. The van der Waals surface area contributed by atoms with E-state index in [0.717, 1.165) is 22.2 Å². The van der Waals surface area contributed by atoms with Crippen LogP contribution in [-0.4, -0.2) is 28.4 Å². The van der Waals surface area contributed by atoms with Gasteiger partial charge in [-0.1, -0.05) is 168 Å². The van der Waals surface area contributed by atoms with Gasteiger partial charge in [-0.3, -0.25) is 0 Å². The Hall–Kier alpha value is -0.692. The molecule has 2 unspecified atom stereocenters. The number of rotatable bonds is 4. The average Bonchev–Trinajstić information content (AvgIpc) is 2.75. The normalized spacial score (nSPS) is 31.3. The average molecular weight is 577 g/mol. The summed E-state index contributed by atoms with van der Waals surface area (Å²) in [5, 5.41) is 3.77. The summed E-state index contributed by atoms with van der Waals surface area (Å²) in [6.07, 6.45) is 5.70. The number of benzene rings is 2. The van der Waals surface area contributed by atoms with Gasteiger partial charge in [-0.2, -0.15) is 0 Å². The van der Waals surface area contributed by atoms with Gasteiger partial charge in [0.2, 0.25) is 0 Å². The third-order valence-electron chi connectivity index (χ3n) is 12.7.